The molecule has 6 heteroatoms. The molecule has 0 aliphatic heterocycles. The molecule has 0 spiro atoms. The monoisotopic (exact) mass is 398 g/mol. The van der Waals surface area contributed by atoms with Crippen molar-refractivity contribution in [1.29, 1.82) is 0 Å². The van der Waals surface area contributed by atoms with Crippen molar-refractivity contribution < 1.29 is 19.1 Å². The zero-order chi connectivity index (χ0) is 21.1. The Morgan fingerprint density at radius 1 is 0.600 bits per heavy atom. The van der Waals surface area contributed by atoms with Crippen LogP contribution in [0.1, 0.15) is 32.1 Å². The zero-order valence-corrected chi connectivity index (χ0v) is 16.5. The van der Waals surface area contributed by atoms with Crippen molar-refractivity contribution in [1.82, 2.24) is 9.97 Å². The van der Waals surface area contributed by atoms with E-state index >= 15 is 0 Å². The number of nitrogens with zero attached hydrogens (tertiary/aromatic N) is 2. The minimum Gasteiger partial charge on any atom is -0.497 e. The second kappa shape index (κ2) is 8.13. The Morgan fingerprint density at radius 2 is 0.967 bits per heavy atom. The van der Waals surface area contributed by atoms with Crippen LogP contribution in [-0.2, 0) is 0 Å². The van der Waals surface area contributed by atoms with Crippen molar-refractivity contribution in [2.45, 2.75) is 0 Å². The fourth-order valence-electron chi connectivity index (χ4n) is 3.07. The van der Waals surface area contributed by atoms with Gasteiger partial charge in [0.1, 0.15) is 22.9 Å². The summed E-state index contributed by atoms with van der Waals surface area (Å²) in [6.45, 7) is 0. The summed E-state index contributed by atoms with van der Waals surface area (Å²) in [4.78, 5) is 35.4. The highest BCUT2D eigenvalue weighted by Gasteiger charge is 2.24. The first-order valence-electron chi connectivity index (χ1n) is 9.25. The van der Waals surface area contributed by atoms with E-state index in [4.69, 9.17) is 9.47 Å². The lowest BCUT2D eigenvalue weighted by Crippen LogP contribution is -2.16. The first kappa shape index (κ1) is 19.3. The van der Waals surface area contributed by atoms with E-state index in [1.807, 2.05) is 12.1 Å². The summed E-state index contributed by atoms with van der Waals surface area (Å²) in [6, 6.07) is 20.4. The van der Waals surface area contributed by atoms with Crippen molar-refractivity contribution in [3.8, 4) is 11.5 Å². The molecule has 0 saturated carbocycles. The number of fused-ring (bicyclic) bond motifs is 1. The number of para-hydroxylation sites is 2. The van der Waals surface area contributed by atoms with Gasteiger partial charge in [0, 0.05) is 11.1 Å². The van der Waals surface area contributed by atoms with Gasteiger partial charge in [-0.3, -0.25) is 9.59 Å². The third kappa shape index (κ3) is 3.63. The van der Waals surface area contributed by atoms with Crippen LogP contribution in [-0.4, -0.2) is 35.8 Å². The number of aromatic nitrogens is 2. The number of benzene rings is 3. The van der Waals surface area contributed by atoms with Gasteiger partial charge >= 0.3 is 0 Å². The number of carbonyl (C=O) groups is 2. The fraction of sp³-hybridized carbons (Fsp3) is 0.0833. The van der Waals surface area contributed by atoms with Crippen LogP contribution in [0.15, 0.2) is 72.8 Å². The third-order valence-electron chi connectivity index (χ3n) is 4.71. The van der Waals surface area contributed by atoms with Crippen molar-refractivity contribution in [2.24, 2.45) is 0 Å². The summed E-state index contributed by atoms with van der Waals surface area (Å²) >= 11 is 0. The predicted octanol–water partition coefficient (Wildman–Crippen LogP) is 4.11. The Bertz CT molecular complexity index is 1130. The van der Waals surface area contributed by atoms with Gasteiger partial charge in [0.05, 0.1) is 25.3 Å². The Morgan fingerprint density at radius 3 is 1.30 bits per heavy atom. The Labute approximate surface area is 173 Å². The molecule has 4 aromatic rings. The number of rotatable bonds is 6. The third-order valence-corrected chi connectivity index (χ3v) is 4.71. The minimum atomic E-state index is -0.382. The topological polar surface area (TPSA) is 78.4 Å². The maximum Gasteiger partial charge on any atom is 0.213 e. The molecular weight excluding hydrogens is 380 g/mol. The van der Waals surface area contributed by atoms with Gasteiger partial charge < -0.3 is 9.47 Å². The summed E-state index contributed by atoms with van der Waals surface area (Å²) < 4.78 is 10.3. The maximum atomic E-state index is 13.2. The smallest absolute Gasteiger partial charge is 0.213 e. The van der Waals surface area contributed by atoms with Gasteiger partial charge in [-0.25, -0.2) is 9.97 Å². The van der Waals surface area contributed by atoms with E-state index in [9.17, 15) is 9.59 Å². The van der Waals surface area contributed by atoms with Crippen LogP contribution in [0, 0.1) is 0 Å². The molecule has 0 N–H and O–H groups in total. The Kier molecular flexibility index (Phi) is 5.22. The van der Waals surface area contributed by atoms with E-state index in [1.165, 1.54) is 0 Å². The number of carbonyl (C=O) groups excluding carboxylic acids is 2. The summed E-state index contributed by atoms with van der Waals surface area (Å²) in [5.41, 5.74) is 1.90. The summed E-state index contributed by atoms with van der Waals surface area (Å²) in [5, 5.41) is 0. The van der Waals surface area contributed by atoms with Crippen LogP contribution >= 0.6 is 0 Å². The average molecular weight is 398 g/mol. The molecule has 0 aliphatic rings. The van der Waals surface area contributed by atoms with E-state index in [0.29, 0.717) is 33.7 Å². The van der Waals surface area contributed by atoms with Gasteiger partial charge in [-0.15, -0.1) is 0 Å². The summed E-state index contributed by atoms with van der Waals surface area (Å²) in [5.74, 6) is 0.497. The lowest BCUT2D eigenvalue weighted by Gasteiger charge is -2.10. The van der Waals surface area contributed by atoms with Gasteiger partial charge in [-0.2, -0.15) is 0 Å². The van der Waals surface area contributed by atoms with Gasteiger partial charge in [0.25, 0.3) is 0 Å². The van der Waals surface area contributed by atoms with E-state index in [0.717, 1.165) is 0 Å². The first-order valence-corrected chi connectivity index (χ1v) is 9.25. The van der Waals surface area contributed by atoms with Crippen LogP contribution in [0.25, 0.3) is 11.0 Å². The molecule has 0 amide bonds. The molecule has 0 atom stereocenters. The molecule has 0 aliphatic carbocycles. The second-order valence-electron chi connectivity index (χ2n) is 6.52. The molecule has 0 unspecified atom stereocenters. The first-order chi connectivity index (χ1) is 14.6. The Balaban J connectivity index is 1.84. The van der Waals surface area contributed by atoms with Crippen LogP contribution in [0.3, 0.4) is 0 Å². The lowest BCUT2D eigenvalue weighted by molar-refractivity contribution is 0.0996. The van der Waals surface area contributed by atoms with Gasteiger partial charge in [-0.05, 0) is 60.7 Å². The predicted molar refractivity (Wildman–Crippen MR) is 112 cm³/mol. The van der Waals surface area contributed by atoms with Crippen LogP contribution < -0.4 is 9.47 Å². The molecule has 0 bridgehead atoms. The molecule has 4 rings (SSSR count). The van der Waals surface area contributed by atoms with Crippen molar-refractivity contribution in [3.05, 3.63) is 95.3 Å². The number of hydrogen-bond donors (Lipinski definition) is 0. The second-order valence-corrected chi connectivity index (χ2v) is 6.52. The number of ether oxygens (including phenoxy) is 2. The molecular formula is C24H18N2O4. The highest BCUT2D eigenvalue weighted by Crippen LogP contribution is 2.22. The SMILES string of the molecule is COc1ccc(C(=O)c2nc3ccccc3nc2C(=O)c2ccc(OC)cc2)cc1. The van der Waals surface area contributed by atoms with Gasteiger partial charge in [0.2, 0.25) is 11.6 Å². The Hall–Kier alpha value is -4.06. The van der Waals surface area contributed by atoms with Crippen molar-refractivity contribution in [3.63, 3.8) is 0 Å². The van der Waals surface area contributed by atoms with E-state index in [2.05, 4.69) is 9.97 Å². The maximum absolute atomic E-state index is 13.2. The summed E-state index contributed by atoms with van der Waals surface area (Å²) in [7, 11) is 3.11. The van der Waals surface area contributed by atoms with E-state index in [1.54, 1.807) is 74.9 Å². The highest BCUT2D eigenvalue weighted by atomic mass is 16.5. The fourth-order valence-corrected chi connectivity index (χ4v) is 3.07. The molecule has 1 aromatic heterocycles. The molecule has 6 nitrogen and oxygen atoms in total. The summed E-state index contributed by atoms with van der Waals surface area (Å²) in [6.07, 6.45) is 0. The van der Waals surface area contributed by atoms with Crippen LogP contribution in [0.5, 0.6) is 11.5 Å². The lowest BCUT2D eigenvalue weighted by atomic mass is 10.0. The zero-order valence-electron chi connectivity index (χ0n) is 16.5. The quantitative estimate of drug-likeness (QED) is 0.455. The normalized spacial score (nSPS) is 10.6. The largest absolute Gasteiger partial charge is 0.497 e. The molecule has 1 heterocycles. The van der Waals surface area contributed by atoms with E-state index < -0.39 is 0 Å². The standard InChI is InChI=1S/C24H18N2O4/c1-29-17-11-7-15(8-12-17)23(27)21-22(26-20-6-4-3-5-19(20)25-21)24(28)16-9-13-18(30-2)14-10-16/h3-14H,1-2H3. The van der Waals surface area contributed by atoms with Crippen molar-refractivity contribution in [2.75, 3.05) is 14.2 Å². The van der Waals surface area contributed by atoms with Crippen LogP contribution in [0.4, 0.5) is 0 Å². The molecule has 0 saturated heterocycles. The molecule has 30 heavy (non-hydrogen) atoms. The molecule has 3 aromatic carbocycles. The number of methoxy groups -OCH3 is 2. The van der Waals surface area contributed by atoms with Gasteiger partial charge in [0.15, 0.2) is 0 Å². The van der Waals surface area contributed by atoms with E-state index in [-0.39, 0.29) is 23.0 Å². The molecule has 0 fully saturated rings. The van der Waals surface area contributed by atoms with Crippen LogP contribution in [0.2, 0.25) is 0 Å². The molecule has 148 valence electrons. The minimum absolute atomic E-state index is 0.0136. The number of hydrogen-bond acceptors (Lipinski definition) is 6. The number of ketones is 2. The van der Waals surface area contributed by atoms with Gasteiger partial charge in [-0.1, -0.05) is 12.1 Å². The van der Waals surface area contributed by atoms with Crippen molar-refractivity contribution >= 4 is 22.6 Å². The highest BCUT2D eigenvalue weighted by molar-refractivity contribution is 6.18. The molecule has 0 radical (unpaired) electrons. The average Bonchev–Trinajstić information content (AvgIpc) is 2.82.